The molecule has 0 bridgehead atoms. The molecule has 0 fully saturated rings. The van der Waals surface area contributed by atoms with Crippen LogP contribution in [-0.4, -0.2) is 37.0 Å². The van der Waals surface area contributed by atoms with Gasteiger partial charge in [0.2, 0.25) is 5.91 Å². The highest BCUT2D eigenvalue weighted by Crippen LogP contribution is 2.12. The van der Waals surface area contributed by atoms with Crippen molar-refractivity contribution in [1.82, 2.24) is 29.9 Å². The lowest BCUT2D eigenvalue weighted by Gasteiger charge is -2.14. The molecule has 2 rings (SSSR count). The summed E-state index contributed by atoms with van der Waals surface area (Å²) in [6.45, 7) is 5.36. The number of hydrogen-bond donors (Lipinski definition) is 1. The number of aryl methyl sites for hydroxylation is 2. The number of rotatable bonds is 7. The van der Waals surface area contributed by atoms with E-state index in [1.165, 1.54) is 0 Å². The van der Waals surface area contributed by atoms with Gasteiger partial charge in [-0.3, -0.25) is 9.48 Å². The van der Waals surface area contributed by atoms with Crippen molar-refractivity contribution < 1.29 is 4.79 Å². The Morgan fingerprint density at radius 1 is 1.40 bits per heavy atom. The van der Waals surface area contributed by atoms with Crippen LogP contribution in [0.25, 0.3) is 0 Å². The minimum atomic E-state index is 0.0594. The maximum absolute atomic E-state index is 11.8. The molecule has 1 unspecified atom stereocenters. The van der Waals surface area contributed by atoms with E-state index in [0.717, 1.165) is 18.8 Å². The molecular weight excluding hydrogens is 256 g/mol. The van der Waals surface area contributed by atoms with Gasteiger partial charge in [0.15, 0.2) is 0 Å². The number of amides is 1. The predicted molar refractivity (Wildman–Crippen MR) is 73.9 cm³/mol. The standard InChI is InChI=1S/C13H20N6O/c1-11(19-9-5-14-12(19)2)10-13(20)15-4-3-7-18-8-6-16-17-18/h5-6,8-9,11H,3-4,7,10H2,1-2H3,(H,15,20). The molecule has 0 saturated carbocycles. The summed E-state index contributed by atoms with van der Waals surface area (Å²) >= 11 is 0. The number of aromatic nitrogens is 5. The fraction of sp³-hybridized carbons (Fsp3) is 0.538. The maximum atomic E-state index is 11.8. The largest absolute Gasteiger partial charge is 0.356 e. The summed E-state index contributed by atoms with van der Waals surface area (Å²) in [7, 11) is 0. The molecule has 0 aromatic carbocycles. The van der Waals surface area contributed by atoms with Crippen molar-refractivity contribution in [2.75, 3.05) is 6.54 Å². The number of hydrogen-bond acceptors (Lipinski definition) is 4. The van der Waals surface area contributed by atoms with E-state index in [4.69, 9.17) is 0 Å². The van der Waals surface area contributed by atoms with Crippen LogP contribution in [0, 0.1) is 6.92 Å². The van der Waals surface area contributed by atoms with Crippen LogP contribution >= 0.6 is 0 Å². The van der Waals surface area contributed by atoms with Crippen molar-refractivity contribution in [3.8, 4) is 0 Å². The number of imidazole rings is 1. The van der Waals surface area contributed by atoms with E-state index in [1.807, 2.05) is 30.8 Å². The number of carbonyl (C=O) groups excluding carboxylic acids is 1. The van der Waals surface area contributed by atoms with E-state index in [9.17, 15) is 4.79 Å². The van der Waals surface area contributed by atoms with E-state index in [1.54, 1.807) is 17.1 Å². The number of carbonyl (C=O) groups is 1. The highest BCUT2D eigenvalue weighted by Gasteiger charge is 2.11. The summed E-state index contributed by atoms with van der Waals surface area (Å²) in [6, 6.07) is 0.118. The number of nitrogens with one attached hydrogen (secondary N) is 1. The molecule has 0 aliphatic heterocycles. The van der Waals surface area contributed by atoms with Crippen molar-refractivity contribution >= 4 is 5.91 Å². The van der Waals surface area contributed by atoms with Gasteiger partial charge in [0, 0.05) is 44.1 Å². The molecule has 1 amide bonds. The average Bonchev–Trinajstić information content (AvgIpc) is 3.05. The highest BCUT2D eigenvalue weighted by atomic mass is 16.1. The monoisotopic (exact) mass is 276 g/mol. The minimum Gasteiger partial charge on any atom is -0.356 e. The lowest BCUT2D eigenvalue weighted by atomic mass is 10.2. The second-order valence-electron chi connectivity index (χ2n) is 4.80. The third kappa shape index (κ3) is 3.91. The molecule has 0 aliphatic carbocycles. The van der Waals surface area contributed by atoms with Crippen LogP contribution in [0.4, 0.5) is 0 Å². The van der Waals surface area contributed by atoms with Crippen LogP contribution in [0.5, 0.6) is 0 Å². The normalized spacial score (nSPS) is 12.3. The zero-order valence-electron chi connectivity index (χ0n) is 11.9. The van der Waals surface area contributed by atoms with Gasteiger partial charge >= 0.3 is 0 Å². The van der Waals surface area contributed by atoms with Gasteiger partial charge in [-0.15, -0.1) is 5.10 Å². The molecular formula is C13H20N6O. The molecule has 2 aromatic rings. The minimum absolute atomic E-state index is 0.0594. The average molecular weight is 276 g/mol. The quantitative estimate of drug-likeness (QED) is 0.763. The summed E-state index contributed by atoms with van der Waals surface area (Å²) in [6.07, 6.45) is 8.41. The highest BCUT2D eigenvalue weighted by molar-refractivity contribution is 5.76. The van der Waals surface area contributed by atoms with Crippen molar-refractivity contribution in [1.29, 1.82) is 0 Å². The lowest BCUT2D eigenvalue weighted by molar-refractivity contribution is -0.121. The zero-order chi connectivity index (χ0) is 14.4. The molecule has 0 radical (unpaired) electrons. The fourth-order valence-corrected chi connectivity index (χ4v) is 2.11. The summed E-state index contributed by atoms with van der Waals surface area (Å²) in [5.41, 5.74) is 0. The van der Waals surface area contributed by atoms with Crippen LogP contribution in [0.15, 0.2) is 24.8 Å². The second kappa shape index (κ2) is 6.83. The van der Waals surface area contributed by atoms with Gasteiger partial charge in [0.05, 0.1) is 6.20 Å². The van der Waals surface area contributed by atoms with Crippen LogP contribution in [0.2, 0.25) is 0 Å². The molecule has 1 N–H and O–H groups in total. The SMILES string of the molecule is Cc1nccn1C(C)CC(=O)NCCCn1ccnn1. The zero-order valence-corrected chi connectivity index (χ0v) is 11.9. The first-order valence-electron chi connectivity index (χ1n) is 6.77. The molecule has 20 heavy (non-hydrogen) atoms. The Morgan fingerprint density at radius 3 is 2.90 bits per heavy atom. The van der Waals surface area contributed by atoms with Gasteiger partial charge in [-0.05, 0) is 20.3 Å². The predicted octanol–water partition coefficient (Wildman–Crippen LogP) is 0.941. The number of nitrogens with zero attached hydrogens (tertiary/aromatic N) is 5. The van der Waals surface area contributed by atoms with Gasteiger partial charge < -0.3 is 9.88 Å². The third-order valence-corrected chi connectivity index (χ3v) is 3.18. The topological polar surface area (TPSA) is 77.6 Å². The molecule has 108 valence electrons. The van der Waals surface area contributed by atoms with E-state index in [-0.39, 0.29) is 11.9 Å². The Labute approximate surface area is 118 Å². The Morgan fingerprint density at radius 2 is 2.25 bits per heavy atom. The summed E-state index contributed by atoms with van der Waals surface area (Å²) < 4.78 is 3.76. The summed E-state index contributed by atoms with van der Waals surface area (Å²) in [5.74, 6) is 0.987. The van der Waals surface area contributed by atoms with Crippen LogP contribution in [0.3, 0.4) is 0 Å². The van der Waals surface area contributed by atoms with Crippen molar-refractivity contribution in [2.24, 2.45) is 0 Å². The van der Waals surface area contributed by atoms with Crippen LogP contribution < -0.4 is 5.32 Å². The molecule has 0 aliphatic rings. The van der Waals surface area contributed by atoms with Crippen LogP contribution in [-0.2, 0) is 11.3 Å². The van der Waals surface area contributed by atoms with Crippen LogP contribution in [0.1, 0.15) is 31.6 Å². The van der Waals surface area contributed by atoms with Crippen molar-refractivity contribution in [2.45, 2.75) is 39.3 Å². The van der Waals surface area contributed by atoms with E-state index >= 15 is 0 Å². The molecule has 2 heterocycles. The first kappa shape index (κ1) is 14.2. The van der Waals surface area contributed by atoms with Crippen molar-refractivity contribution in [3.05, 3.63) is 30.6 Å². The van der Waals surface area contributed by atoms with E-state index in [0.29, 0.717) is 13.0 Å². The fourth-order valence-electron chi connectivity index (χ4n) is 2.11. The molecule has 2 aromatic heterocycles. The molecule has 0 saturated heterocycles. The molecule has 0 spiro atoms. The van der Waals surface area contributed by atoms with Gasteiger partial charge in [0.25, 0.3) is 0 Å². The van der Waals surface area contributed by atoms with E-state index in [2.05, 4.69) is 20.6 Å². The third-order valence-electron chi connectivity index (χ3n) is 3.18. The lowest BCUT2D eigenvalue weighted by Crippen LogP contribution is -2.27. The molecule has 7 nitrogen and oxygen atoms in total. The van der Waals surface area contributed by atoms with Gasteiger partial charge in [0.1, 0.15) is 5.82 Å². The van der Waals surface area contributed by atoms with Gasteiger partial charge in [-0.2, -0.15) is 0 Å². The van der Waals surface area contributed by atoms with Gasteiger partial charge in [-0.25, -0.2) is 4.98 Å². The molecule has 7 heteroatoms. The Bertz CT molecular complexity index is 533. The first-order chi connectivity index (χ1) is 9.66. The Balaban J connectivity index is 1.66. The second-order valence-corrected chi connectivity index (χ2v) is 4.80. The molecule has 1 atom stereocenters. The van der Waals surface area contributed by atoms with Crippen molar-refractivity contribution in [3.63, 3.8) is 0 Å². The van der Waals surface area contributed by atoms with E-state index < -0.39 is 0 Å². The summed E-state index contributed by atoms with van der Waals surface area (Å²) in [5, 5.41) is 10.5. The Hall–Kier alpha value is -2.18. The van der Waals surface area contributed by atoms with Gasteiger partial charge in [-0.1, -0.05) is 5.21 Å². The first-order valence-corrected chi connectivity index (χ1v) is 6.77. The maximum Gasteiger partial charge on any atom is 0.222 e. The summed E-state index contributed by atoms with van der Waals surface area (Å²) in [4.78, 5) is 16.0. The Kier molecular flexibility index (Phi) is 4.86. The smallest absolute Gasteiger partial charge is 0.222 e.